The largest absolute Gasteiger partial charge is 0.478 e. The molecule has 0 saturated carbocycles. The minimum absolute atomic E-state index is 0.341. The Morgan fingerprint density at radius 1 is 0.652 bits per heavy atom. The van der Waals surface area contributed by atoms with Crippen LogP contribution in [-0.4, -0.2) is 22.8 Å². The molecule has 0 radical (unpaired) electrons. The fourth-order valence-electron chi connectivity index (χ4n) is 2.41. The predicted octanol–water partition coefficient (Wildman–Crippen LogP) is 5.41. The second-order valence-electron chi connectivity index (χ2n) is 5.91. The van der Waals surface area contributed by atoms with E-state index >= 15 is 0 Å². The molecular weight excluding hydrogens is 288 g/mol. The lowest BCUT2D eigenvalue weighted by atomic mass is 10.1. The van der Waals surface area contributed by atoms with Crippen LogP contribution in [0, 0.1) is 0 Å². The Morgan fingerprint density at radius 3 is 1.65 bits per heavy atom. The van der Waals surface area contributed by atoms with Crippen molar-refractivity contribution >= 4 is 5.97 Å². The number of carboxylic acid groups (broad SMARTS) is 1. The first-order valence-electron chi connectivity index (χ1n) is 9.11. The average molecular weight is 322 g/mol. The molecule has 0 aromatic rings. The third-order valence-corrected chi connectivity index (χ3v) is 3.74. The van der Waals surface area contributed by atoms with Gasteiger partial charge in [-0.1, -0.05) is 88.2 Å². The van der Waals surface area contributed by atoms with Crippen molar-refractivity contribution in [2.75, 3.05) is 6.61 Å². The summed E-state index contributed by atoms with van der Waals surface area (Å²) in [5, 5.41) is 17.1. The standard InChI is InChI=1S/C20H34O3/c21-19-17-15-13-11-9-7-5-3-1-2-4-6-8-10-12-14-16-18-20(22)23/h8,10,12,14,16,18,21H,1-7,9,11,13,15,17,19H2,(H,22,23). The van der Waals surface area contributed by atoms with Crippen LogP contribution in [0.25, 0.3) is 0 Å². The molecule has 3 heteroatoms. The van der Waals surface area contributed by atoms with Gasteiger partial charge in [-0.3, -0.25) is 0 Å². The highest BCUT2D eigenvalue weighted by atomic mass is 16.4. The molecule has 0 aromatic carbocycles. The predicted molar refractivity (Wildman–Crippen MR) is 97.5 cm³/mol. The van der Waals surface area contributed by atoms with Gasteiger partial charge in [-0.05, 0) is 19.3 Å². The second-order valence-corrected chi connectivity index (χ2v) is 5.91. The highest BCUT2D eigenvalue weighted by Crippen LogP contribution is 2.12. The lowest BCUT2D eigenvalue weighted by Gasteiger charge is -2.02. The topological polar surface area (TPSA) is 57.5 Å². The molecule has 3 nitrogen and oxygen atoms in total. The normalized spacial score (nSPS) is 12.0. The number of hydrogen-bond acceptors (Lipinski definition) is 2. The van der Waals surface area contributed by atoms with Crippen molar-refractivity contribution in [1.82, 2.24) is 0 Å². The third-order valence-electron chi connectivity index (χ3n) is 3.74. The Hall–Kier alpha value is -1.35. The molecule has 0 bridgehead atoms. The van der Waals surface area contributed by atoms with E-state index in [2.05, 4.69) is 6.08 Å². The van der Waals surface area contributed by atoms with Crippen molar-refractivity contribution in [2.24, 2.45) is 0 Å². The van der Waals surface area contributed by atoms with Crippen LogP contribution in [0.5, 0.6) is 0 Å². The summed E-state index contributed by atoms with van der Waals surface area (Å²) in [6, 6.07) is 0. The van der Waals surface area contributed by atoms with Gasteiger partial charge in [0.05, 0.1) is 0 Å². The van der Waals surface area contributed by atoms with E-state index in [1.165, 1.54) is 70.3 Å². The van der Waals surface area contributed by atoms with E-state index in [1.807, 2.05) is 12.2 Å². The number of aliphatic carboxylic acids is 1. The van der Waals surface area contributed by atoms with Gasteiger partial charge < -0.3 is 10.2 Å². The van der Waals surface area contributed by atoms with Crippen LogP contribution in [0.15, 0.2) is 36.5 Å². The maximum Gasteiger partial charge on any atom is 0.328 e. The quantitative estimate of drug-likeness (QED) is 0.227. The van der Waals surface area contributed by atoms with Gasteiger partial charge in [-0.2, -0.15) is 0 Å². The molecule has 0 heterocycles. The number of allylic oxidation sites excluding steroid dienone is 5. The molecule has 23 heavy (non-hydrogen) atoms. The van der Waals surface area contributed by atoms with Crippen molar-refractivity contribution in [3.8, 4) is 0 Å². The molecule has 0 aliphatic rings. The van der Waals surface area contributed by atoms with Crippen LogP contribution >= 0.6 is 0 Å². The fraction of sp³-hybridized carbons (Fsp3) is 0.650. The smallest absolute Gasteiger partial charge is 0.328 e. The van der Waals surface area contributed by atoms with Crippen LogP contribution in [0.1, 0.15) is 77.0 Å². The first-order chi connectivity index (χ1) is 11.3. The van der Waals surface area contributed by atoms with Gasteiger partial charge in [-0.25, -0.2) is 4.79 Å². The fourth-order valence-corrected chi connectivity index (χ4v) is 2.41. The van der Waals surface area contributed by atoms with Gasteiger partial charge in [0.15, 0.2) is 0 Å². The number of carbonyl (C=O) groups is 1. The lowest BCUT2D eigenvalue weighted by molar-refractivity contribution is -0.131. The van der Waals surface area contributed by atoms with Crippen molar-refractivity contribution in [2.45, 2.75) is 77.0 Å². The number of hydrogen-bond donors (Lipinski definition) is 2. The average Bonchev–Trinajstić information content (AvgIpc) is 2.53. The van der Waals surface area contributed by atoms with Crippen LogP contribution in [0.3, 0.4) is 0 Å². The second kappa shape index (κ2) is 18.7. The first kappa shape index (κ1) is 21.6. The molecule has 0 spiro atoms. The lowest BCUT2D eigenvalue weighted by Crippen LogP contribution is -1.84. The maximum absolute atomic E-state index is 10.2. The highest BCUT2D eigenvalue weighted by Gasteiger charge is 1.92. The minimum Gasteiger partial charge on any atom is -0.478 e. The SMILES string of the molecule is O=C(O)C=CC=CC=CCCCCCCCCCCCCCO. The molecule has 132 valence electrons. The molecular formula is C20H34O3. The van der Waals surface area contributed by atoms with E-state index in [4.69, 9.17) is 10.2 Å². The molecule has 0 aliphatic carbocycles. The van der Waals surface area contributed by atoms with E-state index in [-0.39, 0.29) is 0 Å². The zero-order valence-electron chi connectivity index (χ0n) is 14.5. The maximum atomic E-state index is 10.2. The van der Waals surface area contributed by atoms with Gasteiger partial charge in [0.1, 0.15) is 0 Å². The van der Waals surface area contributed by atoms with E-state index in [9.17, 15) is 4.79 Å². The summed E-state index contributed by atoms with van der Waals surface area (Å²) < 4.78 is 0. The molecule has 0 aliphatic heterocycles. The highest BCUT2D eigenvalue weighted by molar-refractivity contribution is 5.80. The van der Waals surface area contributed by atoms with E-state index in [0.717, 1.165) is 18.9 Å². The number of aliphatic hydroxyl groups excluding tert-OH is 1. The molecule has 0 saturated heterocycles. The Bertz CT molecular complexity index is 343. The number of unbranched alkanes of at least 4 members (excludes halogenated alkanes) is 11. The Kier molecular flexibility index (Phi) is 17.6. The summed E-state index contributed by atoms with van der Waals surface area (Å²) in [6.45, 7) is 0.341. The minimum atomic E-state index is -0.916. The monoisotopic (exact) mass is 322 g/mol. The molecule has 0 amide bonds. The van der Waals surface area contributed by atoms with Crippen LogP contribution < -0.4 is 0 Å². The van der Waals surface area contributed by atoms with Crippen molar-refractivity contribution < 1.29 is 15.0 Å². The molecule has 0 fully saturated rings. The van der Waals surface area contributed by atoms with Crippen LogP contribution in [0.2, 0.25) is 0 Å². The van der Waals surface area contributed by atoms with E-state index < -0.39 is 5.97 Å². The summed E-state index contributed by atoms with van der Waals surface area (Å²) >= 11 is 0. The summed E-state index contributed by atoms with van der Waals surface area (Å²) in [5.41, 5.74) is 0. The van der Waals surface area contributed by atoms with Gasteiger partial charge in [0.2, 0.25) is 0 Å². The number of carboxylic acids is 1. The van der Waals surface area contributed by atoms with Gasteiger partial charge in [0, 0.05) is 12.7 Å². The van der Waals surface area contributed by atoms with Gasteiger partial charge in [-0.15, -0.1) is 0 Å². The van der Waals surface area contributed by atoms with Crippen molar-refractivity contribution in [1.29, 1.82) is 0 Å². The summed E-state index contributed by atoms with van der Waals surface area (Å²) in [5.74, 6) is -0.916. The molecule has 2 N–H and O–H groups in total. The zero-order chi connectivity index (χ0) is 17.0. The molecule has 0 rings (SSSR count). The summed E-state index contributed by atoms with van der Waals surface area (Å²) in [6.07, 6.45) is 25.4. The summed E-state index contributed by atoms with van der Waals surface area (Å²) in [4.78, 5) is 10.2. The number of aliphatic hydroxyl groups is 1. The molecule has 0 aromatic heterocycles. The van der Waals surface area contributed by atoms with Crippen molar-refractivity contribution in [3.05, 3.63) is 36.5 Å². The van der Waals surface area contributed by atoms with Gasteiger partial charge in [0.25, 0.3) is 0 Å². The van der Waals surface area contributed by atoms with E-state index in [0.29, 0.717) is 6.61 Å². The van der Waals surface area contributed by atoms with Crippen molar-refractivity contribution in [3.63, 3.8) is 0 Å². The zero-order valence-corrected chi connectivity index (χ0v) is 14.5. The van der Waals surface area contributed by atoms with Gasteiger partial charge >= 0.3 is 5.97 Å². The molecule has 0 atom stereocenters. The first-order valence-corrected chi connectivity index (χ1v) is 9.11. The Labute approximate surface area is 141 Å². The Balaban J connectivity index is 3.20. The third kappa shape index (κ3) is 20.6. The number of rotatable bonds is 16. The van der Waals surface area contributed by atoms with Crippen LogP contribution in [-0.2, 0) is 4.79 Å². The Morgan fingerprint density at radius 2 is 1.13 bits per heavy atom. The molecule has 0 unspecified atom stereocenters. The van der Waals surface area contributed by atoms with Crippen LogP contribution in [0.4, 0.5) is 0 Å². The van der Waals surface area contributed by atoms with E-state index in [1.54, 1.807) is 6.08 Å². The summed E-state index contributed by atoms with van der Waals surface area (Å²) in [7, 11) is 0.